The van der Waals surface area contributed by atoms with Crippen molar-refractivity contribution in [1.29, 1.82) is 0 Å². The van der Waals surface area contributed by atoms with E-state index in [4.69, 9.17) is 4.42 Å². The van der Waals surface area contributed by atoms with Crippen molar-refractivity contribution in [3.63, 3.8) is 0 Å². The number of fused-ring (bicyclic) bond motifs is 9. The fourth-order valence-electron chi connectivity index (χ4n) is 7.15. The molecule has 0 bridgehead atoms. The molecule has 0 radical (unpaired) electrons. The average molecular weight is 592 g/mol. The van der Waals surface area contributed by atoms with Crippen LogP contribution in [0.5, 0.6) is 0 Å². The van der Waals surface area contributed by atoms with Crippen molar-refractivity contribution in [2.45, 2.75) is 0 Å². The Morgan fingerprint density at radius 3 is 2.11 bits per heavy atom. The fraction of sp³-hybridized carbons (Fsp3) is 0. The number of furan rings is 1. The highest BCUT2D eigenvalue weighted by molar-refractivity contribution is 7.25. The van der Waals surface area contributed by atoms with Gasteiger partial charge in [0.25, 0.3) is 0 Å². The van der Waals surface area contributed by atoms with E-state index < -0.39 is 0 Å². The number of rotatable bonds is 3. The number of para-hydroxylation sites is 1. The lowest BCUT2D eigenvalue weighted by Gasteiger charge is -2.10. The summed E-state index contributed by atoms with van der Waals surface area (Å²) in [5.41, 5.74) is 10.2. The molecule has 10 aromatic rings. The molecule has 3 heteroatoms. The van der Waals surface area contributed by atoms with Crippen molar-refractivity contribution < 1.29 is 4.42 Å². The molecular weight excluding hydrogens is 567 g/mol. The second-order valence-corrected chi connectivity index (χ2v) is 12.8. The Morgan fingerprint density at radius 1 is 0.422 bits per heavy atom. The summed E-state index contributed by atoms with van der Waals surface area (Å²) in [5, 5.41) is 7.41. The zero-order valence-corrected chi connectivity index (χ0v) is 25.0. The van der Waals surface area contributed by atoms with Crippen LogP contribution < -0.4 is 0 Å². The van der Waals surface area contributed by atoms with Crippen LogP contribution in [0.3, 0.4) is 0 Å². The van der Waals surface area contributed by atoms with Crippen molar-refractivity contribution in [2.24, 2.45) is 0 Å². The number of benzene rings is 7. The molecule has 0 amide bonds. The van der Waals surface area contributed by atoms with Gasteiger partial charge in [0.1, 0.15) is 11.2 Å². The molecule has 0 N–H and O–H groups in total. The predicted octanol–water partition coefficient (Wildman–Crippen LogP) is 12.4. The number of hydrogen-bond acceptors (Lipinski definition) is 2. The number of nitrogens with zero attached hydrogens (tertiary/aromatic N) is 1. The van der Waals surface area contributed by atoms with Gasteiger partial charge in [-0.2, -0.15) is 0 Å². The van der Waals surface area contributed by atoms with Crippen LogP contribution in [0.25, 0.3) is 91.9 Å². The van der Waals surface area contributed by atoms with Gasteiger partial charge in [0.05, 0.1) is 11.0 Å². The molecule has 210 valence electrons. The van der Waals surface area contributed by atoms with Crippen LogP contribution in [0.1, 0.15) is 0 Å². The third-order valence-electron chi connectivity index (χ3n) is 9.21. The van der Waals surface area contributed by atoms with Gasteiger partial charge in [-0.25, -0.2) is 0 Å². The summed E-state index contributed by atoms with van der Waals surface area (Å²) in [6.45, 7) is 0. The molecule has 0 aliphatic carbocycles. The van der Waals surface area contributed by atoms with E-state index >= 15 is 0 Å². The number of thiophene rings is 1. The summed E-state index contributed by atoms with van der Waals surface area (Å²) < 4.78 is 11.4. The van der Waals surface area contributed by atoms with E-state index in [0.29, 0.717) is 0 Å². The molecular formula is C42H25NOS. The lowest BCUT2D eigenvalue weighted by atomic mass is 9.97. The van der Waals surface area contributed by atoms with Crippen LogP contribution in [0, 0.1) is 0 Å². The lowest BCUT2D eigenvalue weighted by molar-refractivity contribution is 0.668. The average Bonchev–Trinajstić information content (AvgIpc) is 3.77. The maximum absolute atomic E-state index is 6.34. The van der Waals surface area contributed by atoms with E-state index in [9.17, 15) is 0 Å². The highest BCUT2D eigenvalue weighted by Gasteiger charge is 2.18. The zero-order chi connectivity index (χ0) is 29.5. The topological polar surface area (TPSA) is 18.1 Å². The minimum atomic E-state index is 0.899. The first-order valence-corrected chi connectivity index (χ1v) is 16.1. The molecule has 0 spiro atoms. The van der Waals surface area contributed by atoms with Gasteiger partial charge in [-0.05, 0) is 70.8 Å². The molecule has 45 heavy (non-hydrogen) atoms. The quantitative estimate of drug-likeness (QED) is 0.200. The van der Waals surface area contributed by atoms with Gasteiger partial charge in [-0.15, -0.1) is 11.3 Å². The molecule has 3 heterocycles. The van der Waals surface area contributed by atoms with Gasteiger partial charge >= 0.3 is 0 Å². The Labute approximate surface area is 263 Å². The number of hydrogen-bond donors (Lipinski definition) is 0. The van der Waals surface area contributed by atoms with Crippen LogP contribution in [0.2, 0.25) is 0 Å². The van der Waals surface area contributed by atoms with E-state index in [1.54, 1.807) is 0 Å². The van der Waals surface area contributed by atoms with Gasteiger partial charge in [0.15, 0.2) is 0 Å². The van der Waals surface area contributed by atoms with Gasteiger partial charge in [0, 0.05) is 53.5 Å². The summed E-state index contributed by atoms with van der Waals surface area (Å²) in [6.07, 6.45) is 0. The Kier molecular flexibility index (Phi) is 5.19. The monoisotopic (exact) mass is 591 g/mol. The first kappa shape index (κ1) is 24.8. The number of aromatic nitrogens is 1. The molecule has 10 rings (SSSR count). The Morgan fingerprint density at radius 2 is 1.18 bits per heavy atom. The van der Waals surface area contributed by atoms with Gasteiger partial charge < -0.3 is 8.98 Å². The maximum atomic E-state index is 6.34. The molecule has 0 saturated heterocycles. The molecule has 0 atom stereocenters. The molecule has 0 aliphatic rings. The predicted molar refractivity (Wildman–Crippen MR) is 192 cm³/mol. The van der Waals surface area contributed by atoms with Crippen molar-refractivity contribution in [1.82, 2.24) is 4.57 Å². The third kappa shape index (κ3) is 3.68. The van der Waals surface area contributed by atoms with Crippen molar-refractivity contribution in [3.8, 4) is 27.9 Å². The molecule has 7 aromatic carbocycles. The summed E-state index contributed by atoms with van der Waals surface area (Å²) >= 11 is 1.87. The largest absolute Gasteiger partial charge is 0.456 e. The maximum Gasteiger partial charge on any atom is 0.137 e. The Hall–Kier alpha value is -5.64. The minimum absolute atomic E-state index is 0.899. The lowest BCUT2D eigenvalue weighted by Crippen LogP contribution is -1.94. The first-order chi connectivity index (χ1) is 22.3. The summed E-state index contributed by atoms with van der Waals surface area (Å²) in [6, 6.07) is 54.8. The minimum Gasteiger partial charge on any atom is -0.456 e. The second-order valence-electron chi connectivity index (χ2n) is 11.7. The molecule has 2 nitrogen and oxygen atoms in total. The van der Waals surface area contributed by atoms with Crippen molar-refractivity contribution in [2.75, 3.05) is 0 Å². The van der Waals surface area contributed by atoms with E-state index in [1.807, 2.05) is 23.5 Å². The Balaban J connectivity index is 1.26. The van der Waals surface area contributed by atoms with Crippen LogP contribution >= 0.6 is 11.3 Å². The summed E-state index contributed by atoms with van der Waals surface area (Å²) in [7, 11) is 0. The normalized spacial score (nSPS) is 12.0. The summed E-state index contributed by atoms with van der Waals surface area (Å²) in [5.74, 6) is 0. The second kappa shape index (κ2) is 9.43. The van der Waals surface area contributed by atoms with Gasteiger partial charge in [-0.1, -0.05) is 97.1 Å². The van der Waals surface area contributed by atoms with Gasteiger partial charge in [0.2, 0.25) is 0 Å². The summed E-state index contributed by atoms with van der Waals surface area (Å²) in [4.78, 5) is 0. The van der Waals surface area contributed by atoms with Crippen LogP contribution in [-0.2, 0) is 0 Å². The molecule has 0 aliphatic heterocycles. The van der Waals surface area contributed by atoms with Crippen LogP contribution in [0.4, 0.5) is 0 Å². The molecule has 3 aromatic heterocycles. The van der Waals surface area contributed by atoms with E-state index in [1.165, 1.54) is 64.2 Å². The standard InChI is InChI=1S/C42H25NOS/c1-2-9-26(10-3-1)27-17-20-31-35-23-28(30-13-8-16-41-42(30)34-12-5-7-15-40(34)45-41)18-22-36(35)43(37(31)24-27)29-19-21-33-32-11-4-6-14-38(32)44-39(33)25-29/h1-25H. The zero-order valence-electron chi connectivity index (χ0n) is 24.2. The highest BCUT2D eigenvalue weighted by Crippen LogP contribution is 2.43. The first-order valence-electron chi connectivity index (χ1n) is 15.3. The van der Waals surface area contributed by atoms with Crippen LogP contribution in [0.15, 0.2) is 156 Å². The van der Waals surface area contributed by atoms with Crippen molar-refractivity contribution >= 4 is 75.3 Å². The van der Waals surface area contributed by atoms with E-state index in [-0.39, 0.29) is 0 Å². The highest BCUT2D eigenvalue weighted by atomic mass is 32.1. The van der Waals surface area contributed by atoms with E-state index in [2.05, 4.69) is 144 Å². The SMILES string of the molecule is c1ccc(-c2ccc3c4cc(-c5cccc6sc7ccccc7c56)ccc4n(-c4ccc5c(c4)oc4ccccc45)c3c2)cc1. The van der Waals surface area contributed by atoms with Crippen LogP contribution in [-0.4, -0.2) is 4.57 Å². The van der Waals surface area contributed by atoms with E-state index in [0.717, 1.165) is 27.6 Å². The van der Waals surface area contributed by atoms with Crippen molar-refractivity contribution in [3.05, 3.63) is 152 Å². The molecule has 0 fully saturated rings. The Bertz CT molecular complexity index is 2760. The molecule has 0 unspecified atom stereocenters. The molecule has 0 saturated carbocycles. The van der Waals surface area contributed by atoms with Gasteiger partial charge in [-0.3, -0.25) is 0 Å². The fourth-order valence-corrected chi connectivity index (χ4v) is 8.28. The smallest absolute Gasteiger partial charge is 0.137 e. The third-order valence-corrected chi connectivity index (χ3v) is 10.3.